The van der Waals surface area contributed by atoms with Gasteiger partial charge >= 0.3 is 5.97 Å². The second kappa shape index (κ2) is 5.02. The number of ether oxygens (including phenoxy) is 1. The van der Waals surface area contributed by atoms with Crippen LogP contribution in [0.1, 0.15) is 31.2 Å². The molecule has 0 atom stereocenters. The average molecular weight is 262 g/mol. The number of nitrogens with one attached hydrogen (secondary N) is 1. The van der Waals surface area contributed by atoms with Crippen LogP contribution in [-0.2, 0) is 4.79 Å². The molecule has 0 amide bonds. The molecule has 5 heteroatoms. The zero-order valence-corrected chi connectivity index (χ0v) is 10.7. The van der Waals surface area contributed by atoms with Crippen LogP contribution in [0.4, 0.5) is 0 Å². The fourth-order valence-corrected chi connectivity index (χ4v) is 2.92. The number of rotatable bonds is 2. The topological polar surface area (TPSA) is 50.7 Å². The number of hydrogen-bond acceptors (Lipinski definition) is 5. The highest BCUT2D eigenvalue weighted by molar-refractivity contribution is 7.97. The Kier molecular flexibility index (Phi) is 3.23. The molecule has 94 valence electrons. The molecule has 1 fully saturated rings. The van der Waals surface area contributed by atoms with Gasteiger partial charge in [0.1, 0.15) is 5.75 Å². The summed E-state index contributed by atoms with van der Waals surface area (Å²) in [6.45, 7) is 0. The Morgan fingerprint density at radius 3 is 3.06 bits per heavy atom. The molecule has 3 rings (SSSR count). The summed E-state index contributed by atoms with van der Waals surface area (Å²) < 4.78 is 5.44. The van der Waals surface area contributed by atoms with E-state index in [-0.39, 0.29) is 11.9 Å². The fraction of sp³-hybridized carbons (Fsp3) is 0.385. The minimum Gasteiger partial charge on any atom is -0.426 e. The van der Waals surface area contributed by atoms with Crippen LogP contribution in [0.2, 0.25) is 0 Å². The maximum Gasteiger partial charge on any atom is 0.314 e. The van der Waals surface area contributed by atoms with Gasteiger partial charge in [-0.3, -0.25) is 4.79 Å². The molecule has 2 aliphatic rings. The molecule has 1 aromatic rings. The normalized spacial score (nSPS) is 18.2. The number of fused-ring (bicyclic) bond motifs is 1. The predicted molar refractivity (Wildman–Crippen MR) is 70.6 cm³/mol. The van der Waals surface area contributed by atoms with E-state index in [2.05, 4.69) is 9.93 Å². The van der Waals surface area contributed by atoms with E-state index in [4.69, 9.17) is 4.74 Å². The number of hydrazone groups is 1. The molecule has 1 aromatic carbocycles. The Balaban J connectivity index is 1.73. The smallest absolute Gasteiger partial charge is 0.314 e. The van der Waals surface area contributed by atoms with E-state index in [0.29, 0.717) is 5.75 Å². The van der Waals surface area contributed by atoms with E-state index < -0.39 is 0 Å². The Hall–Kier alpha value is -1.49. The summed E-state index contributed by atoms with van der Waals surface area (Å²) in [4.78, 5) is 15.8. The molecular weight excluding hydrogens is 248 g/mol. The molecule has 1 saturated carbocycles. The van der Waals surface area contributed by atoms with Crippen molar-refractivity contribution < 1.29 is 9.53 Å². The van der Waals surface area contributed by atoms with Crippen molar-refractivity contribution in [3.05, 3.63) is 23.8 Å². The molecule has 4 nitrogen and oxygen atoms in total. The molecule has 0 saturated heterocycles. The molecule has 18 heavy (non-hydrogen) atoms. The highest BCUT2D eigenvalue weighted by Gasteiger charge is 2.24. The lowest BCUT2D eigenvalue weighted by Crippen LogP contribution is -2.17. The summed E-state index contributed by atoms with van der Waals surface area (Å²) in [5.74, 6) is 0.624. The van der Waals surface area contributed by atoms with Crippen LogP contribution in [0.5, 0.6) is 5.75 Å². The minimum atomic E-state index is -0.0881. The number of nitrogens with zero attached hydrogens (tertiary/aromatic N) is 1. The third-order valence-electron chi connectivity index (χ3n) is 3.30. The van der Waals surface area contributed by atoms with Crippen molar-refractivity contribution in [2.45, 2.75) is 30.6 Å². The first kappa shape index (κ1) is 11.6. The summed E-state index contributed by atoms with van der Waals surface area (Å²) in [7, 11) is 0. The van der Waals surface area contributed by atoms with Crippen LogP contribution < -0.4 is 9.57 Å². The largest absolute Gasteiger partial charge is 0.426 e. The maximum atomic E-state index is 11.9. The summed E-state index contributed by atoms with van der Waals surface area (Å²) in [5, 5.41) is 3.95. The van der Waals surface area contributed by atoms with Crippen molar-refractivity contribution in [2.24, 2.45) is 11.0 Å². The second-order valence-corrected chi connectivity index (χ2v) is 5.38. The number of carbonyl (C=O) groups excluding carboxylic acids is 1. The van der Waals surface area contributed by atoms with Gasteiger partial charge in [-0.05, 0) is 31.0 Å². The van der Waals surface area contributed by atoms with E-state index in [1.807, 2.05) is 18.2 Å². The van der Waals surface area contributed by atoms with Gasteiger partial charge in [-0.2, -0.15) is 5.10 Å². The molecule has 1 N–H and O–H groups in total. The number of carbonyl (C=O) groups is 1. The summed E-state index contributed by atoms with van der Waals surface area (Å²) in [6.07, 6.45) is 5.97. The first-order valence-corrected chi connectivity index (χ1v) is 6.95. The molecule has 0 spiro atoms. The summed E-state index contributed by atoms with van der Waals surface area (Å²) in [6, 6.07) is 5.62. The highest BCUT2D eigenvalue weighted by atomic mass is 32.2. The van der Waals surface area contributed by atoms with E-state index >= 15 is 0 Å². The highest BCUT2D eigenvalue weighted by Crippen LogP contribution is 2.29. The molecular formula is C13H14N2O2S. The van der Waals surface area contributed by atoms with Crippen molar-refractivity contribution in [3.8, 4) is 5.75 Å². The van der Waals surface area contributed by atoms with Gasteiger partial charge in [0.15, 0.2) is 0 Å². The lowest BCUT2D eigenvalue weighted by Gasteiger charge is -2.13. The van der Waals surface area contributed by atoms with Crippen molar-refractivity contribution >= 4 is 24.1 Å². The SMILES string of the molecule is O=C(Oc1ccc2c(c1)SNN=C2)C1CCCC1. The van der Waals surface area contributed by atoms with Crippen LogP contribution in [0, 0.1) is 5.92 Å². The average Bonchev–Trinajstić information content (AvgIpc) is 2.92. The lowest BCUT2D eigenvalue weighted by molar-refractivity contribution is -0.138. The standard InChI is InChI=1S/C13H14N2O2S/c16-13(9-3-1-2-4-9)17-11-6-5-10-8-14-15-18-12(10)7-11/h5-9,15H,1-4H2. The van der Waals surface area contributed by atoms with Gasteiger partial charge < -0.3 is 4.74 Å². The fourth-order valence-electron chi connectivity index (χ4n) is 2.31. The third kappa shape index (κ3) is 2.36. The molecule has 1 aliphatic heterocycles. The van der Waals surface area contributed by atoms with Crippen molar-refractivity contribution in [1.29, 1.82) is 0 Å². The number of hydrogen-bond donors (Lipinski definition) is 1. The zero-order chi connectivity index (χ0) is 12.4. The van der Waals surface area contributed by atoms with Crippen molar-refractivity contribution in [1.82, 2.24) is 4.83 Å². The van der Waals surface area contributed by atoms with Gasteiger partial charge in [0, 0.05) is 22.4 Å². The summed E-state index contributed by atoms with van der Waals surface area (Å²) >= 11 is 1.42. The van der Waals surface area contributed by atoms with E-state index in [9.17, 15) is 4.79 Å². The van der Waals surface area contributed by atoms with Gasteiger partial charge in [-0.1, -0.05) is 12.8 Å². The molecule has 0 aromatic heterocycles. The van der Waals surface area contributed by atoms with Gasteiger partial charge in [-0.25, -0.2) is 4.83 Å². The van der Waals surface area contributed by atoms with Crippen LogP contribution >= 0.6 is 11.9 Å². The Bertz CT molecular complexity index is 496. The van der Waals surface area contributed by atoms with E-state index in [0.717, 1.165) is 36.1 Å². The van der Waals surface area contributed by atoms with E-state index in [1.165, 1.54) is 11.9 Å². The second-order valence-electron chi connectivity index (χ2n) is 4.55. The quantitative estimate of drug-likeness (QED) is 0.506. The van der Waals surface area contributed by atoms with Gasteiger partial charge in [0.25, 0.3) is 0 Å². The predicted octanol–water partition coefficient (Wildman–Crippen LogP) is 2.73. The molecule has 0 radical (unpaired) electrons. The molecule has 1 aliphatic carbocycles. The van der Waals surface area contributed by atoms with Crippen LogP contribution in [-0.4, -0.2) is 12.2 Å². The first-order chi connectivity index (χ1) is 8.83. The van der Waals surface area contributed by atoms with Crippen molar-refractivity contribution in [2.75, 3.05) is 0 Å². The maximum absolute atomic E-state index is 11.9. The zero-order valence-electron chi connectivity index (χ0n) is 9.89. The monoisotopic (exact) mass is 262 g/mol. The first-order valence-electron chi connectivity index (χ1n) is 6.13. The van der Waals surface area contributed by atoms with E-state index in [1.54, 1.807) is 6.21 Å². The number of esters is 1. The molecule has 1 heterocycles. The summed E-state index contributed by atoms with van der Waals surface area (Å²) in [5.41, 5.74) is 1.04. The van der Waals surface area contributed by atoms with Crippen molar-refractivity contribution in [3.63, 3.8) is 0 Å². The van der Waals surface area contributed by atoms with Crippen LogP contribution in [0.25, 0.3) is 0 Å². The van der Waals surface area contributed by atoms with Crippen LogP contribution in [0.15, 0.2) is 28.2 Å². The Morgan fingerprint density at radius 2 is 2.22 bits per heavy atom. The Morgan fingerprint density at radius 1 is 1.39 bits per heavy atom. The van der Waals surface area contributed by atoms with Gasteiger partial charge in [0.05, 0.1) is 12.1 Å². The molecule has 0 unspecified atom stereocenters. The minimum absolute atomic E-state index is 0.0881. The van der Waals surface area contributed by atoms with Gasteiger partial charge in [0.2, 0.25) is 0 Å². The molecule has 0 bridgehead atoms. The third-order valence-corrected chi connectivity index (χ3v) is 4.07. The number of benzene rings is 1. The van der Waals surface area contributed by atoms with Crippen LogP contribution in [0.3, 0.4) is 0 Å². The Labute approximate surface area is 110 Å². The lowest BCUT2D eigenvalue weighted by atomic mass is 10.1. The van der Waals surface area contributed by atoms with Gasteiger partial charge in [-0.15, -0.1) is 0 Å².